The Morgan fingerprint density at radius 2 is 1.94 bits per heavy atom. The van der Waals surface area contributed by atoms with Crippen LogP contribution in [0.3, 0.4) is 0 Å². The SMILES string of the molecule is Cc1sc(=O)n(CC(=O)NCc2ccc(Oc3cccnc3)c(F)c2)c1-c1ccc(F)cc1. The van der Waals surface area contributed by atoms with Crippen molar-refractivity contribution in [2.75, 3.05) is 0 Å². The molecule has 0 spiro atoms. The Hall–Kier alpha value is -3.85. The van der Waals surface area contributed by atoms with Crippen molar-refractivity contribution in [3.05, 3.63) is 98.7 Å². The Labute approximate surface area is 192 Å². The van der Waals surface area contributed by atoms with Gasteiger partial charge in [-0.25, -0.2) is 8.78 Å². The smallest absolute Gasteiger partial charge is 0.308 e. The molecule has 0 aliphatic rings. The normalized spacial score (nSPS) is 10.8. The Bertz CT molecular complexity index is 1340. The van der Waals surface area contributed by atoms with Crippen molar-refractivity contribution in [2.24, 2.45) is 0 Å². The highest BCUT2D eigenvalue weighted by Crippen LogP contribution is 2.26. The van der Waals surface area contributed by atoms with E-state index in [0.717, 1.165) is 16.2 Å². The summed E-state index contributed by atoms with van der Waals surface area (Å²) >= 11 is 1.02. The first-order chi connectivity index (χ1) is 15.9. The number of aryl methyl sites for hydroxylation is 1. The van der Waals surface area contributed by atoms with Crippen molar-refractivity contribution in [1.29, 1.82) is 0 Å². The summed E-state index contributed by atoms with van der Waals surface area (Å²) in [6, 6.07) is 13.5. The second-order valence-corrected chi connectivity index (χ2v) is 8.36. The molecular formula is C24H19F2N3O3S. The van der Waals surface area contributed by atoms with Crippen LogP contribution in [0.15, 0.2) is 71.8 Å². The van der Waals surface area contributed by atoms with E-state index < -0.39 is 11.7 Å². The van der Waals surface area contributed by atoms with Gasteiger partial charge >= 0.3 is 4.87 Å². The molecule has 6 nitrogen and oxygen atoms in total. The van der Waals surface area contributed by atoms with Crippen molar-refractivity contribution in [2.45, 2.75) is 20.0 Å². The first kappa shape index (κ1) is 22.3. The number of nitrogens with zero attached hydrogens (tertiary/aromatic N) is 2. The van der Waals surface area contributed by atoms with Crippen molar-refractivity contribution < 1.29 is 18.3 Å². The predicted octanol–water partition coefficient (Wildman–Crippen LogP) is 4.67. The lowest BCUT2D eigenvalue weighted by Crippen LogP contribution is -2.30. The third-order valence-electron chi connectivity index (χ3n) is 4.83. The molecule has 0 aliphatic heterocycles. The minimum atomic E-state index is -0.575. The molecule has 0 unspecified atom stereocenters. The number of nitrogens with one attached hydrogen (secondary N) is 1. The monoisotopic (exact) mass is 467 g/mol. The minimum absolute atomic E-state index is 0.0438. The number of thiazole rings is 1. The quantitative estimate of drug-likeness (QED) is 0.429. The van der Waals surface area contributed by atoms with Gasteiger partial charge in [-0.2, -0.15) is 0 Å². The number of halogens is 2. The molecule has 2 heterocycles. The summed E-state index contributed by atoms with van der Waals surface area (Å²) in [6.07, 6.45) is 3.06. The van der Waals surface area contributed by atoms with Crippen LogP contribution < -0.4 is 14.9 Å². The van der Waals surface area contributed by atoms with E-state index in [1.54, 1.807) is 43.5 Å². The number of hydrogen-bond acceptors (Lipinski definition) is 5. The van der Waals surface area contributed by atoms with Crippen molar-refractivity contribution >= 4 is 17.2 Å². The molecule has 1 N–H and O–H groups in total. The summed E-state index contributed by atoms with van der Waals surface area (Å²) < 4.78 is 34.5. The molecule has 168 valence electrons. The first-order valence-corrected chi connectivity index (χ1v) is 10.8. The summed E-state index contributed by atoms with van der Waals surface area (Å²) in [5, 5.41) is 2.70. The second-order valence-electron chi connectivity index (χ2n) is 7.20. The molecule has 33 heavy (non-hydrogen) atoms. The number of benzene rings is 2. The molecule has 0 saturated carbocycles. The molecule has 0 aliphatic carbocycles. The van der Waals surface area contributed by atoms with Gasteiger partial charge in [-0.1, -0.05) is 17.4 Å². The number of pyridine rings is 1. The van der Waals surface area contributed by atoms with Gasteiger partial charge in [0.1, 0.15) is 18.1 Å². The van der Waals surface area contributed by atoms with Gasteiger partial charge in [0.25, 0.3) is 0 Å². The van der Waals surface area contributed by atoms with Gasteiger partial charge in [-0.05, 0) is 66.6 Å². The predicted molar refractivity (Wildman–Crippen MR) is 121 cm³/mol. The highest BCUT2D eigenvalue weighted by atomic mass is 32.1. The summed E-state index contributed by atoms with van der Waals surface area (Å²) in [5.74, 6) is -0.918. The summed E-state index contributed by atoms with van der Waals surface area (Å²) in [5.41, 5.74) is 1.75. The fourth-order valence-corrected chi connectivity index (χ4v) is 4.15. The molecule has 9 heteroatoms. The Balaban J connectivity index is 1.43. The summed E-state index contributed by atoms with van der Waals surface area (Å²) in [7, 11) is 0. The molecule has 2 aromatic carbocycles. The lowest BCUT2D eigenvalue weighted by atomic mass is 10.1. The number of carbonyl (C=O) groups is 1. The van der Waals surface area contributed by atoms with Crippen molar-refractivity contribution in [3.63, 3.8) is 0 Å². The standard InChI is InChI=1S/C24H19F2N3O3S/c1-15-23(17-5-7-18(25)8-6-17)29(24(31)33-15)14-22(30)28-12-16-4-9-21(20(26)11-16)32-19-3-2-10-27-13-19/h2-11,13H,12,14H2,1H3,(H,28,30). The zero-order chi connectivity index (χ0) is 23.4. The Morgan fingerprint density at radius 1 is 1.15 bits per heavy atom. The van der Waals surface area contributed by atoms with Crippen LogP contribution >= 0.6 is 11.3 Å². The van der Waals surface area contributed by atoms with E-state index in [-0.39, 0.29) is 29.5 Å². The number of aromatic nitrogens is 2. The molecular weight excluding hydrogens is 448 g/mol. The van der Waals surface area contributed by atoms with Crippen LogP contribution in [0.1, 0.15) is 10.4 Å². The number of carbonyl (C=O) groups excluding carboxylic acids is 1. The van der Waals surface area contributed by atoms with E-state index in [2.05, 4.69) is 10.3 Å². The van der Waals surface area contributed by atoms with Gasteiger partial charge in [-0.3, -0.25) is 19.1 Å². The largest absolute Gasteiger partial charge is 0.453 e. The highest BCUT2D eigenvalue weighted by Gasteiger charge is 2.16. The van der Waals surface area contributed by atoms with E-state index in [9.17, 15) is 18.4 Å². The number of ether oxygens (including phenoxy) is 1. The highest BCUT2D eigenvalue weighted by molar-refractivity contribution is 7.09. The van der Waals surface area contributed by atoms with Gasteiger partial charge in [0, 0.05) is 17.6 Å². The van der Waals surface area contributed by atoms with E-state index in [4.69, 9.17) is 4.74 Å². The van der Waals surface area contributed by atoms with Gasteiger partial charge in [-0.15, -0.1) is 0 Å². The van der Waals surface area contributed by atoms with Gasteiger partial charge in [0.2, 0.25) is 5.91 Å². The molecule has 0 saturated heterocycles. The Kier molecular flexibility index (Phi) is 6.60. The maximum atomic E-state index is 14.4. The van der Waals surface area contributed by atoms with Gasteiger partial charge in [0.15, 0.2) is 11.6 Å². The summed E-state index contributed by atoms with van der Waals surface area (Å²) in [4.78, 5) is 29.3. The maximum Gasteiger partial charge on any atom is 0.308 e. The second kappa shape index (κ2) is 9.74. The first-order valence-electron chi connectivity index (χ1n) is 10.00. The van der Waals surface area contributed by atoms with Crippen LogP contribution in [-0.4, -0.2) is 15.5 Å². The van der Waals surface area contributed by atoms with Crippen molar-refractivity contribution in [3.8, 4) is 22.8 Å². The van der Waals surface area contributed by atoms with Crippen molar-refractivity contribution in [1.82, 2.24) is 14.9 Å². The van der Waals surface area contributed by atoms with E-state index in [1.807, 2.05) is 0 Å². The number of amides is 1. The van der Waals surface area contributed by atoms with Gasteiger partial charge < -0.3 is 10.1 Å². The van der Waals surface area contributed by atoms with Crippen LogP contribution in [0.2, 0.25) is 0 Å². The number of hydrogen-bond donors (Lipinski definition) is 1. The number of rotatable bonds is 7. The molecule has 1 amide bonds. The molecule has 0 fully saturated rings. The molecule has 0 bridgehead atoms. The lowest BCUT2D eigenvalue weighted by Gasteiger charge is -2.11. The molecule has 2 aromatic heterocycles. The third kappa shape index (κ3) is 5.32. The van der Waals surface area contributed by atoms with Crippen LogP contribution in [0, 0.1) is 18.6 Å². The maximum absolute atomic E-state index is 14.4. The fraction of sp³-hybridized carbons (Fsp3) is 0.125. The third-order valence-corrected chi connectivity index (χ3v) is 5.73. The average molecular weight is 467 g/mol. The fourth-order valence-electron chi connectivity index (χ4n) is 3.30. The topological polar surface area (TPSA) is 73.2 Å². The van der Waals surface area contributed by atoms with E-state index in [0.29, 0.717) is 22.6 Å². The zero-order valence-electron chi connectivity index (χ0n) is 17.5. The van der Waals surface area contributed by atoms with Crippen LogP contribution in [0.5, 0.6) is 11.5 Å². The van der Waals surface area contributed by atoms with E-state index in [1.165, 1.54) is 35.0 Å². The Morgan fingerprint density at radius 3 is 2.64 bits per heavy atom. The van der Waals surface area contributed by atoms with E-state index >= 15 is 0 Å². The van der Waals surface area contributed by atoms with Crippen LogP contribution in [0.4, 0.5) is 8.78 Å². The molecule has 0 radical (unpaired) electrons. The molecule has 0 atom stereocenters. The lowest BCUT2D eigenvalue weighted by molar-refractivity contribution is -0.121. The van der Waals surface area contributed by atoms with Crippen LogP contribution in [0.25, 0.3) is 11.3 Å². The molecule has 4 rings (SSSR count). The van der Waals surface area contributed by atoms with Gasteiger partial charge in [0.05, 0.1) is 11.9 Å². The van der Waals surface area contributed by atoms with Crippen LogP contribution in [-0.2, 0) is 17.9 Å². The minimum Gasteiger partial charge on any atom is -0.453 e. The summed E-state index contributed by atoms with van der Waals surface area (Å²) in [6.45, 7) is 1.64. The zero-order valence-corrected chi connectivity index (χ0v) is 18.4. The molecule has 4 aromatic rings. The average Bonchev–Trinajstić information content (AvgIpc) is 3.08.